The Balaban J connectivity index is 2.12. The standard InChI is InChI=1S/C17H20N2O4S2/c1-11-6-7-15(13(9-11)16-12(2)10-24-18-16)25(21,22)19-8-4-5-14(19)17(20)23-3/h6-7,9-10,14H,4-5,8H2,1-3H3/t14-/m0/s1. The van der Waals surface area contributed by atoms with Gasteiger partial charge in [0.25, 0.3) is 0 Å². The van der Waals surface area contributed by atoms with Gasteiger partial charge in [0.2, 0.25) is 10.0 Å². The summed E-state index contributed by atoms with van der Waals surface area (Å²) in [5.74, 6) is -0.514. The van der Waals surface area contributed by atoms with Crippen molar-refractivity contribution in [1.29, 1.82) is 0 Å². The zero-order valence-corrected chi connectivity index (χ0v) is 16.0. The third-order valence-corrected chi connectivity index (χ3v) is 7.11. The Morgan fingerprint density at radius 3 is 2.76 bits per heavy atom. The number of benzene rings is 1. The number of hydrogen-bond acceptors (Lipinski definition) is 6. The first kappa shape index (κ1) is 18.0. The minimum absolute atomic E-state index is 0.183. The maximum atomic E-state index is 13.3. The molecule has 0 saturated carbocycles. The first-order chi connectivity index (χ1) is 11.9. The van der Waals surface area contributed by atoms with Crippen LogP contribution in [0.3, 0.4) is 0 Å². The Hall–Kier alpha value is -1.77. The predicted octanol–water partition coefficient (Wildman–Crippen LogP) is 2.75. The summed E-state index contributed by atoms with van der Waals surface area (Å²) >= 11 is 1.30. The summed E-state index contributed by atoms with van der Waals surface area (Å²) in [4.78, 5) is 12.2. The summed E-state index contributed by atoms with van der Waals surface area (Å²) in [6.45, 7) is 4.13. The molecule has 0 aliphatic carbocycles. The van der Waals surface area contributed by atoms with Crippen LogP contribution in [-0.2, 0) is 19.6 Å². The number of ether oxygens (including phenoxy) is 1. The summed E-state index contributed by atoms with van der Waals surface area (Å²) in [5.41, 5.74) is 3.13. The summed E-state index contributed by atoms with van der Waals surface area (Å²) < 4.78 is 37.0. The third kappa shape index (κ3) is 3.21. The number of sulfonamides is 1. The second-order valence-electron chi connectivity index (χ2n) is 6.14. The molecule has 0 amide bonds. The summed E-state index contributed by atoms with van der Waals surface area (Å²) in [5, 5.41) is 1.89. The molecule has 0 N–H and O–H groups in total. The molecule has 134 valence electrons. The van der Waals surface area contributed by atoms with E-state index in [4.69, 9.17) is 4.74 Å². The zero-order valence-electron chi connectivity index (χ0n) is 14.4. The number of hydrogen-bond donors (Lipinski definition) is 0. The van der Waals surface area contributed by atoms with E-state index in [1.165, 1.54) is 22.9 Å². The molecule has 25 heavy (non-hydrogen) atoms. The number of aryl methyl sites for hydroxylation is 2. The van der Waals surface area contributed by atoms with E-state index in [9.17, 15) is 13.2 Å². The van der Waals surface area contributed by atoms with Gasteiger partial charge in [-0.3, -0.25) is 4.79 Å². The first-order valence-corrected chi connectivity index (χ1v) is 10.3. The molecule has 0 bridgehead atoms. The Morgan fingerprint density at radius 1 is 1.36 bits per heavy atom. The minimum atomic E-state index is -3.84. The first-order valence-electron chi connectivity index (χ1n) is 7.98. The lowest BCUT2D eigenvalue weighted by Gasteiger charge is -2.23. The molecule has 2 heterocycles. The van der Waals surface area contributed by atoms with Crippen LogP contribution in [0.15, 0.2) is 28.5 Å². The fraction of sp³-hybridized carbons (Fsp3) is 0.412. The van der Waals surface area contributed by atoms with Gasteiger partial charge in [-0.25, -0.2) is 8.42 Å². The molecule has 0 unspecified atom stereocenters. The van der Waals surface area contributed by atoms with Gasteiger partial charge in [-0.1, -0.05) is 11.6 Å². The zero-order chi connectivity index (χ0) is 18.2. The number of nitrogens with zero attached hydrogens (tertiary/aromatic N) is 2. The van der Waals surface area contributed by atoms with Crippen LogP contribution in [0.1, 0.15) is 24.0 Å². The molecule has 0 radical (unpaired) electrons. The van der Waals surface area contributed by atoms with Crippen molar-refractivity contribution in [2.24, 2.45) is 0 Å². The van der Waals surface area contributed by atoms with Crippen molar-refractivity contribution in [3.05, 3.63) is 34.7 Å². The monoisotopic (exact) mass is 380 g/mol. The van der Waals surface area contributed by atoms with E-state index >= 15 is 0 Å². The molecular formula is C17H20N2O4S2. The number of carbonyl (C=O) groups is 1. The molecule has 3 rings (SSSR count). The van der Waals surface area contributed by atoms with Gasteiger partial charge in [0.1, 0.15) is 6.04 Å². The number of esters is 1. The molecule has 1 aliphatic heterocycles. The van der Waals surface area contributed by atoms with Crippen molar-refractivity contribution in [2.45, 2.75) is 37.6 Å². The molecule has 1 aliphatic rings. The second kappa shape index (κ2) is 6.86. The SMILES string of the molecule is COC(=O)[C@@H]1CCCN1S(=O)(=O)c1ccc(C)cc1-c1nscc1C. The molecule has 8 heteroatoms. The lowest BCUT2D eigenvalue weighted by molar-refractivity contribution is -0.144. The Kier molecular flexibility index (Phi) is 4.95. The number of methoxy groups -OCH3 is 1. The minimum Gasteiger partial charge on any atom is -0.468 e. The van der Waals surface area contributed by atoms with Crippen LogP contribution in [0, 0.1) is 13.8 Å². The summed E-state index contributed by atoms with van der Waals surface area (Å²) in [6.07, 6.45) is 1.11. The van der Waals surface area contributed by atoms with Crippen LogP contribution in [0.25, 0.3) is 11.3 Å². The highest BCUT2D eigenvalue weighted by Crippen LogP contribution is 2.35. The smallest absolute Gasteiger partial charge is 0.324 e. The molecular weight excluding hydrogens is 360 g/mol. The van der Waals surface area contributed by atoms with Crippen LogP contribution in [0.5, 0.6) is 0 Å². The van der Waals surface area contributed by atoms with Gasteiger partial charge in [-0.05, 0) is 55.9 Å². The van der Waals surface area contributed by atoms with E-state index < -0.39 is 22.0 Å². The van der Waals surface area contributed by atoms with Gasteiger partial charge in [0, 0.05) is 17.5 Å². The Bertz CT molecular complexity index is 905. The fourth-order valence-corrected chi connectivity index (χ4v) is 5.62. The molecule has 6 nitrogen and oxygen atoms in total. The van der Waals surface area contributed by atoms with E-state index in [-0.39, 0.29) is 4.90 Å². The Labute approximate surface area is 151 Å². The van der Waals surface area contributed by atoms with Crippen LogP contribution >= 0.6 is 11.5 Å². The van der Waals surface area contributed by atoms with Crippen molar-refractivity contribution in [3.8, 4) is 11.3 Å². The van der Waals surface area contributed by atoms with Crippen LogP contribution in [0.4, 0.5) is 0 Å². The maximum Gasteiger partial charge on any atom is 0.324 e. The van der Waals surface area contributed by atoms with Gasteiger partial charge in [-0.15, -0.1) is 0 Å². The largest absolute Gasteiger partial charge is 0.468 e. The van der Waals surface area contributed by atoms with Crippen LogP contribution in [-0.4, -0.2) is 42.8 Å². The van der Waals surface area contributed by atoms with Gasteiger partial charge < -0.3 is 4.74 Å². The molecule has 1 saturated heterocycles. The average Bonchev–Trinajstić information content (AvgIpc) is 3.22. The summed E-state index contributed by atoms with van der Waals surface area (Å²) in [7, 11) is -2.56. The fourth-order valence-electron chi connectivity index (χ4n) is 3.13. The second-order valence-corrected chi connectivity index (χ2v) is 8.63. The van der Waals surface area contributed by atoms with Gasteiger partial charge in [-0.2, -0.15) is 8.68 Å². The van der Waals surface area contributed by atoms with Crippen molar-refractivity contribution in [1.82, 2.24) is 8.68 Å². The van der Waals surface area contributed by atoms with Crippen LogP contribution < -0.4 is 0 Å². The van der Waals surface area contributed by atoms with Crippen molar-refractivity contribution in [2.75, 3.05) is 13.7 Å². The topological polar surface area (TPSA) is 76.6 Å². The summed E-state index contributed by atoms with van der Waals surface area (Å²) in [6, 6.07) is 4.44. The number of aromatic nitrogens is 1. The van der Waals surface area contributed by atoms with Gasteiger partial charge in [0.05, 0.1) is 17.7 Å². The average molecular weight is 380 g/mol. The van der Waals surface area contributed by atoms with Crippen molar-refractivity contribution >= 4 is 27.5 Å². The maximum absolute atomic E-state index is 13.3. The lowest BCUT2D eigenvalue weighted by Crippen LogP contribution is -2.41. The number of carbonyl (C=O) groups excluding carboxylic acids is 1. The normalized spacial score (nSPS) is 18.4. The number of rotatable bonds is 4. The highest BCUT2D eigenvalue weighted by molar-refractivity contribution is 7.89. The highest BCUT2D eigenvalue weighted by atomic mass is 32.2. The van der Waals surface area contributed by atoms with Crippen molar-refractivity contribution < 1.29 is 17.9 Å². The van der Waals surface area contributed by atoms with Crippen molar-refractivity contribution in [3.63, 3.8) is 0 Å². The third-order valence-electron chi connectivity index (χ3n) is 4.40. The van der Waals surface area contributed by atoms with Gasteiger partial charge in [0.15, 0.2) is 0 Å². The van der Waals surface area contributed by atoms with E-state index in [2.05, 4.69) is 4.37 Å². The van der Waals surface area contributed by atoms with E-state index in [0.29, 0.717) is 30.6 Å². The molecule has 1 aromatic heterocycles. The predicted molar refractivity (Wildman–Crippen MR) is 96.0 cm³/mol. The quantitative estimate of drug-likeness (QED) is 0.762. The van der Waals surface area contributed by atoms with E-state index in [1.807, 2.05) is 25.3 Å². The highest BCUT2D eigenvalue weighted by Gasteiger charge is 2.41. The molecule has 2 aromatic rings. The Morgan fingerprint density at radius 2 is 2.12 bits per heavy atom. The molecule has 1 aromatic carbocycles. The lowest BCUT2D eigenvalue weighted by atomic mass is 10.1. The van der Waals surface area contributed by atoms with E-state index in [1.54, 1.807) is 12.1 Å². The molecule has 1 fully saturated rings. The molecule has 1 atom stereocenters. The molecule has 0 spiro atoms. The van der Waals surface area contributed by atoms with Gasteiger partial charge >= 0.3 is 5.97 Å². The van der Waals surface area contributed by atoms with E-state index in [0.717, 1.165) is 11.1 Å². The van der Waals surface area contributed by atoms with Crippen LogP contribution in [0.2, 0.25) is 0 Å².